The average Bonchev–Trinajstić information content (AvgIpc) is 2.83. The number of amides is 1. The fourth-order valence-electron chi connectivity index (χ4n) is 2.68. The zero-order valence-electron chi connectivity index (χ0n) is 11.9. The molecule has 6 heteroatoms. The number of likely N-dealkylation sites (N-methyl/N-ethyl adjacent to an activating group) is 1. The van der Waals surface area contributed by atoms with Crippen LogP contribution in [-0.2, 0) is 11.2 Å². The first kappa shape index (κ1) is 14.7. The molecule has 0 aliphatic carbocycles. The third-order valence-electron chi connectivity index (χ3n) is 3.82. The van der Waals surface area contributed by atoms with Crippen molar-refractivity contribution in [3.63, 3.8) is 0 Å². The molecule has 19 heavy (non-hydrogen) atoms. The lowest BCUT2D eigenvalue weighted by Gasteiger charge is -2.22. The van der Waals surface area contributed by atoms with Crippen LogP contribution >= 0.6 is 23.6 Å². The molecular weight excluding hydrogens is 278 g/mol. The van der Waals surface area contributed by atoms with E-state index >= 15 is 0 Å². The van der Waals surface area contributed by atoms with Gasteiger partial charge in [0.05, 0.1) is 6.42 Å². The minimum absolute atomic E-state index is 0.213. The van der Waals surface area contributed by atoms with Crippen LogP contribution < -0.4 is 0 Å². The summed E-state index contributed by atoms with van der Waals surface area (Å²) in [7, 11) is 4.16. The maximum absolute atomic E-state index is 12.4. The number of thiazole rings is 1. The van der Waals surface area contributed by atoms with Crippen molar-refractivity contribution < 1.29 is 4.79 Å². The fraction of sp³-hybridized carbons (Fsp3) is 0.692. The van der Waals surface area contributed by atoms with E-state index in [9.17, 15) is 4.79 Å². The number of aryl methyl sites for hydroxylation is 1. The Hall–Kier alpha value is -0.720. The number of carbonyl (C=O) groups is 1. The van der Waals surface area contributed by atoms with Gasteiger partial charge in [0.15, 0.2) is 3.95 Å². The van der Waals surface area contributed by atoms with Gasteiger partial charge in [0.25, 0.3) is 0 Å². The SMILES string of the molecule is Cc1[nH]c(=S)sc1CC(=O)N1CC(C)C(N(C)C)C1. The molecule has 1 fully saturated rings. The highest BCUT2D eigenvalue weighted by Crippen LogP contribution is 2.22. The van der Waals surface area contributed by atoms with Crippen molar-refractivity contribution in [1.29, 1.82) is 0 Å². The summed E-state index contributed by atoms with van der Waals surface area (Å²) < 4.78 is 0.751. The molecule has 0 radical (unpaired) electrons. The van der Waals surface area contributed by atoms with E-state index in [0.29, 0.717) is 18.4 Å². The van der Waals surface area contributed by atoms with Gasteiger partial charge in [-0.2, -0.15) is 0 Å². The summed E-state index contributed by atoms with van der Waals surface area (Å²) in [5.41, 5.74) is 1.03. The van der Waals surface area contributed by atoms with Crippen LogP contribution in [0.2, 0.25) is 0 Å². The number of aromatic nitrogens is 1. The highest BCUT2D eigenvalue weighted by molar-refractivity contribution is 7.73. The van der Waals surface area contributed by atoms with Gasteiger partial charge < -0.3 is 14.8 Å². The number of nitrogens with zero attached hydrogens (tertiary/aromatic N) is 2. The molecule has 1 aromatic rings. The molecule has 1 aromatic heterocycles. The second-order valence-corrected chi connectivity index (χ2v) is 7.32. The lowest BCUT2D eigenvalue weighted by molar-refractivity contribution is -0.129. The molecule has 0 saturated carbocycles. The lowest BCUT2D eigenvalue weighted by Crippen LogP contribution is -2.36. The molecule has 1 amide bonds. The van der Waals surface area contributed by atoms with Crippen molar-refractivity contribution in [1.82, 2.24) is 14.8 Å². The summed E-state index contributed by atoms with van der Waals surface area (Å²) in [4.78, 5) is 20.7. The monoisotopic (exact) mass is 299 g/mol. The first-order valence-corrected chi connectivity index (χ1v) is 7.73. The van der Waals surface area contributed by atoms with Crippen LogP contribution in [0.5, 0.6) is 0 Å². The van der Waals surface area contributed by atoms with E-state index in [4.69, 9.17) is 12.2 Å². The molecule has 0 aromatic carbocycles. The highest BCUT2D eigenvalue weighted by atomic mass is 32.1. The summed E-state index contributed by atoms with van der Waals surface area (Å²) in [5, 5.41) is 0. The predicted octanol–water partition coefficient (Wildman–Crippen LogP) is 2.07. The van der Waals surface area contributed by atoms with E-state index in [-0.39, 0.29) is 5.91 Å². The van der Waals surface area contributed by atoms with Crippen LogP contribution in [0.3, 0.4) is 0 Å². The van der Waals surface area contributed by atoms with Gasteiger partial charge in [-0.25, -0.2) is 0 Å². The zero-order valence-corrected chi connectivity index (χ0v) is 13.5. The second-order valence-electron chi connectivity index (χ2n) is 5.55. The third kappa shape index (κ3) is 3.24. The minimum Gasteiger partial charge on any atom is -0.341 e. The first-order valence-electron chi connectivity index (χ1n) is 6.51. The molecule has 1 aliphatic rings. The average molecular weight is 299 g/mol. The Kier molecular flexibility index (Phi) is 4.43. The van der Waals surface area contributed by atoms with Crippen LogP contribution in [0.4, 0.5) is 0 Å². The number of hydrogen-bond acceptors (Lipinski definition) is 4. The number of aromatic amines is 1. The standard InChI is InChI=1S/C13H21N3OS2/c1-8-6-16(7-10(8)15(3)4)12(17)5-11-9(2)14-13(18)19-11/h8,10H,5-7H2,1-4H3,(H,14,18). The topological polar surface area (TPSA) is 39.3 Å². The number of H-pyrrole nitrogens is 1. The largest absolute Gasteiger partial charge is 0.341 e. The Morgan fingerprint density at radius 3 is 2.68 bits per heavy atom. The summed E-state index contributed by atoms with van der Waals surface area (Å²) in [6.07, 6.45) is 0.469. The summed E-state index contributed by atoms with van der Waals surface area (Å²) in [6.45, 7) is 5.88. The van der Waals surface area contributed by atoms with E-state index in [1.807, 2.05) is 11.8 Å². The van der Waals surface area contributed by atoms with Crippen LogP contribution in [-0.4, -0.2) is 53.9 Å². The molecule has 106 valence electrons. The normalized spacial score (nSPS) is 23.3. The van der Waals surface area contributed by atoms with E-state index in [0.717, 1.165) is 27.6 Å². The Morgan fingerprint density at radius 2 is 2.21 bits per heavy atom. The van der Waals surface area contributed by atoms with E-state index in [1.54, 1.807) is 0 Å². The molecule has 1 aliphatic heterocycles. The van der Waals surface area contributed by atoms with Gasteiger partial charge in [-0.3, -0.25) is 4.79 Å². The third-order valence-corrected chi connectivity index (χ3v) is 5.16. The predicted molar refractivity (Wildman–Crippen MR) is 81.2 cm³/mol. The zero-order chi connectivity index (χ0) is 14.2. The molecule has 2 unspecified atom stereocenters. The van der Waals surface area contributed by atoms with Gasteiger partial charge in [0.2, 0.25) is 5.91 Å². The molecule has 2 atom stereocenters. The van der Waals surface area contributed by atoms with E-state index in [2.05, 4.69) is 30.9 Å². The van der Waals surface area contributed by atoms with Crippen LogP contribution in [0.15, 0.2) is 0 Å². The Balaban J connectivity index is 2.02. The molecule has 0 bridgehead atoms. The summed E-state index contributed by atoms with van der Waals surface area (Å²) >= 11 is 6.62. The summed E-state index contributed by atoms with van der Waals surface area (Å²) in [5.74, 6) is 0.744. The van der Waals surface area contributed by atoms with E-state index < -0.39 is 0 Å². The molecular formula is C13H21N3OS2. The van der Waals surface area contributed by atoms with Gasteiger partial charge in [0.1, 0.15) is 0 Å². The molecule has 4 nitrogen and oxygen atoms in total. The smallest absolute Gasteiger partial charge is 0.227 e. The number of hydrogen-bond donors (Lipinski definition) is 1. The van der Waals surface area contributed by atoms with Gasteiger partial charge in [-0.1, -0.05) is 6.92 Å². The van der Waals surface area contributed by atoms with Crippen LogP contribution in [0.1, 0.15) is 17.5 Å². The van der Waals surface area contributed by atoms with Crippen molar-refractivity contribution in [2.24, 2.45) is 5.92 Å². The quantitative estimate of drug-likeness (QED) is 0.869. The maximum Gasteiger partial charge on any atom is 0.227 e. The van der Waals surface area contributed by atoms with Gasteiger partial charge in [0, 0.05) is 29.7 Å². The number of likely N-dealkylation sites (tertiary alicyclic amines) is 1. The Labute approximate surface area is 123 Å². The number of rotatable bonds is 3. The fourth-order valence-corrected chi connectivity index (χ4v) is 3.96. The molecule has 1 saturated heterocycles. The van der Waals surface area contributed by atoms with Crippen molar-refractivity contribution in [3.8, 4) is 0 Å². The van der Waals surface area contributed by atoms with Crippen LogP contribution in [0, 0.1) is 16.8 Å². The van der Waals surface area contributed by atoms with Crippen molar-refractivity contribution in [2.45, 2.75) is 26.3 Å². The first-order chi connectivity index (χ1) is 8.88. The second kappa shape index (κ2) is 5.73. The lowest BCUT2D eigenvalue weighted by atomic mass is 10.1. The van der Waals surface area contributed by atoms with Gasteiger partial charge in [-0.05, 0) is 39.2 Å². The minimum atomic E-state index is 0.213. The van der Waals surface area contributed by atoms with Gasteiger partial charge >= 0.3 is 0 Å². The number of carbonyl (C=O) groups excluding carboxylic acids is 1. The molecule has 1 N–H and O–H groups in total. The summed E-state index contributed by atoms with van der Waals surface area (Å²) in [6, 6.07) is 0.467. The Bertz CT molecular complexity index is 520. The number of nitrogens with one attached hydrogen (secondary N) is 1. The van der Waals surface area contributed by atoms with E-state index in [1.165, 1.54) is 11.3 Å². The molecule has 2 rings (SSSR count). The Morgan fingerprint density at radius 1 is 1.53 bits per heavy atom. The molecule has 0 spiro atoms. The van der Waals surface area contributed by atoms with Crippen molar-refractivity contribution in [2.75, 3.05) is 27.2 Å². The maximum atomic E-state index is 12.4. The molecule has 2 heterocycles. The van der Waals surface area contributed by atoms with Crippen molar-refractivity contribution >= 4 is 29.5 Å². The van der Waals surface area contributed by atoms with Gasteiger partial charge in [-0.15, -0.1) is 11.3 Å². The van der Waals surface area contributed by atoms with Crippen LogP contribution in [0.25, 0.3) is 0 Å². The highest BCUT2D eigenvalue weighted by Gasteiger charge is 2.33. The van der Waals surface area contributed by atoms with Crippen molar-refractivity contribution in [3.05, 3.63) is 14.5 Å².